The van der Waals surface area contributed by atoms with Crippen LogP contribution in [0.15, 0.2) is 164 Å². The fourth-order valence-corrected chi connectivity index (χ4v) is 22.6. The predicted molar refractivity (Wildman–Crippen MR) is 494 cm³/mol. The second kappa shape index (κ2) is 35.4. The molecule has 8 amide bonds. The lowest BCUT2D eigenvalue weighted by molar-refractivity contribution is 0.121. The molecule has 16 heterocycles. The lowest BCUT2D eigenvalue weighted by atomic mass is 9.87. The molecular formula is C84H98N26O10S8. The molecule has 4 aromatic carbocycles. The van der Waals surface area contributed by atoms with Crippen molar-refractivity contribution >= 4 is 173 Å². The third kappa shape index (κ3) is 19.1. The van der Waals surface area contributed by atoms with E-state index in [1.165, 1.54) is 113 Å². The van der Waals surface area contributed by atoms with Crippen LogP contribution in [0.1, 0.15) is 125 Å². The molecule has 0 unspecified atom stereocenters. The molecule has 36 nitrogen and oxygen atoms in total. The first-order valence-electron chi connectivity index (χ1n) is 41.8. The third-order valence-electron chi connectivity index (χ3n) is 26.1. The smallest absolute Gasteiger partial charge is 0.324 e. The average molecular weight is 1890 g/mol. The summed E-state index contributed by atoms with van der Waals surface area (Å²) < 4.78 is 90.3. The number of hydrogen-bond acceptors (Lipinski definition) is 32. The van der Waals surface area contributed by atoms with Crippen molar-refractivity contribution in [2.75, 3.05) is 123 Å². The van der Waals surface area contributed by atoms with Crippen LogP contribution in [0.4, 0.5) is 43.0 Å². The molecule has 8 aliphatic heterocycles. The first-order chi connectivity index (χ1) is 61.0. The molecule has 12 aromatic rings. The van der Waals surface area contributed by atoms with Gasteiger partial charge in [0.05, 0.1) is 165 Å². The van der Waals surface area contributed by atoms with E-state index in [9.17, 15) is 44.4 Å². The molecule has 8 saturated heterocycles. The number of rotatable bonds is 16. The zero-order chi connectivity index (χ0) is 90.0. The molecule has 0 saturated carbocycles. The van der Waals surface area contributed by atoms with Gasteiger partial charge in [-0.1, -0.05) is 24.3 Å². The van der Waals surface area contributed by atoms with Gasteiger partial charge in [0.1, 0.15) is 9.79 Å². The Morgan fingerprint density at radius 1 is 0.312 bits per heavy atom. The van der Waals surface area contributed by atoms with Crippen molar-refractivity contribution < 1.29 is 44.4 Å². The highest BCUT2D eigenvalue weighted by molar-refractivity contribution is 7.92. The number of fused-ring (bicyclic) bond motifs is 4. The van der Waals surface area contributed by atoms with E-state index in [1.54, 1.807) is 55.1 Å². The van der Waals surface area contributed by atoms with Crippen LogP contribution >= 0.6 is 45.3 Å². The Balaban J connectivity index is 0.000000120. The quantitative estimate of drug-likeness (QED) is 0.0523. The molecule has 4 spiro atoms. The van der Waals surface area contributed by atoms with Crippen molar-refractivity contribution in [3.63, 3.8) is 0 Å². The Morgan fingerprint density at radius 3 is 0.695 bits per heavy atom. The molecule has 8 aliphatic rings. The Labute approximate surface area is 757 Å². The number of aromatic nitrogens is 12. The molecule has 20 rings (SSSR count). The van der Waals surface area contributed by atoms with Gasteiger partial charge in [-0.2, -0.15) is 0 Å². The monoisotopic (exact) mass is 1890 g/mol. The number of nitrogens with one attached hydrogen (secondary N) is 6. The molecule has 672 valence electrons. The van der Waals surface area contributed by atoms with Crippen LogP contribution in [0.3, 0.4) is 0 Å². The molecule has 8 fully saturated rings. The van der Waals surface area contributed by atoms with E-state index in [1.807, 2.05) is 22.0 Å². The van der Waals surface area contributed by atoms with Gasteiger partial charge >= 0.3 is 24.1 Å². The maximum atomic E-state index is 12.7. The van der Waals surface area contributed by atoms with Gasteiger partial charge in [-0.25, -0.2) is 114 Å². The lowest BCUT2D eigenvalue weighted by Crippen LogP contribution is -2.52. The summed E-state index contributed by atoms with van der Waals surface area (Å²) >= 11 is 6.60. The number of nitrogens with zero attached hydrogens (tertiary/aromatic N) is 20. The molecule has 0 aliphatic carbocycles. The van der Waals surface area contributed by atoms with Crippen LogP contribution in [0.25, 0.3) is 40.9 Å². The van der Waals surface area contributed by atoms with E-state index in [0.717, 1.165) is 138 Å². The van der Waals surface area contributed by atoms with Gasteiger partial charge in [0.25, 0.3) is 0 Å². The number of thiazole rings is 4. The first kappa shape index (κ1) is 89.5. The SMILES string of the molecule is C[C@@H](c1ccc2scnc2c1)N1CCC2(CC1)CN(c1ncc(S(C)(=O)=O)cn1)C(=O)N2.C[C@@H](c1ccc2scnc2c1)N1CCC2(CC1)CN(c1ncc([S@@](C)(=N)=O)cn1)C(=O)N2.C[C@H](c1ccc2scnc2c1)N1CCC2(CC1)CN(c1ncc(S(C)(=O)=O)cn1)C(=O)N2.C[C@H](c1ccc2scnc2c1)N1CCC2(CC1)CN(c1ncc([S@@](C)(=N)=O)cn1)C(=O)N2. The fourth-order valence-electron chi connectivity index (χ4n) is 17.9. The van der Waals surface area contributed by atoms with Crippen LogP contribution in [-0.2, 0) is 39.1 Å². The number of sulfone groups is 2. The van der Waals surface area contributed by atoms with E-state index in [2.05, 4.69) is 201 Å². The van der Waals surface area contributed by atoms with Crippen molar-refractivity contribution in [3.8, 4) is 0 Å². The van der Waals surface area contributed by atoms with Crippen LogP contribution in [0.2, 0.25) is 0 Å². The molecule has 8 aromatic heterocycles. The van der Waals surface area contributed by atoms with Gasteiger partial charge in [0, 0.05) is 126 Å². The van der Waals surface area contributed by atoms with Crippen LogP contribution in [0, 0.1) is 9.56 Å². The van der Waals surface area contributed by atoms with Crippen molar-refractivity contribution in [1.29, 1.82) is 9.56 Å². The Kier molecular flexibility index (Phi) is 24.7. The number of piperidine rings is 4. The van der Waals surface area contributed by atoms with E-state index in [-0.39, 0.29) is 114 Å². The maximum absolute atomic E-state index is 12.7. The second-order valence-corrected chi connectivity index (χ2v) is 46.4. The summed E-state index contributed by atoms with van der Waals surface area (Å²) in [5.74, 6) is 0.997. The fraction of sp³-hybridized carbons (Fsp3) is 0.429. The zero-order valence-corrected chi connectivity index (χ0v) is 78.1. The summed E-state index contributed by atoms with van der Waals surface area (Å²) in [6.07, 6.45) is 22.0. The minimum atomic E-state index is -3.38. The van der Waals surface area contributed by atoms with E-state index >= 15 is 0 Å². The molecule has 6 N–H and O–H groups in total. The van der Waals surface area contributed by atoms with Gasteiger partial charge in [0.15, 0.2) is 19.7 Å². The van der Waals surface area contributed by atoms with Gasteiger partial charge in [0.2, 0.25) is 23.8 Å². The summed E-state index contributed by atoms with van der Waals surface area (Å²) in [5, 5.41) is 12.6. The number of anilines is 4. The molecule has 0 radical (unpaired) electrons. The van der Waals surface area contributed by atoms with Gasteiger partial charge in [-0.05, 0) is 150 Å². The van der Waals surface area contributed by atoms with Gasteiger partial charge in [-0.3, -0.25) is 39.2 Å². The Bertz CT molecular complexity index is 5860. The topological polar surface area (TPSA) is 447 Å². The highest BCUT2D eigenvalue weighted by Crippen LogP contribution is 2.41. The Morgan fingerprint density at radius 2 is 0.508 bits per heavy atom. The van der Waals surface area contributed by atoms with Crippen molar-refractivity contribution in [3.05, 3.63) is 167 Å². The summed E-state index contributed by atoms with van der Waals surface area (Å²) in [7, 11) is -12.5. The largest absolute Gasteiger partial charge is 0.330 e. The summed E-state index contributed by atoms with van der Waals surface area (Å²) in [4.78, 5) is 118. The van der Waals surface area contributed by atoms with Gasteiger partial charge in [-0.15, -0.1) is 45.3 Å². The highest BCUT2D eigenvalue weighted by atomic mass is 32.2. The predicted octanol–water partition coefficient (Wildman–Crippen LogP) is 11.7. The number of benzene rings is 4. The summed E-state index contributed by atoms with van der Waals surface area (Å²) in [5.41, 5.74) is 15.4. The standard InChI is InChI=1S/2C21H25N7O2S2.2C21H24N6O3S2/c2*1-14(15-3-4-18-17(9-15)25-13-31-18)27-7-5-21(6-8-27)12-28(20(29)26-21)19-23-10-16(11-24-19)32(2,22)30;2*1-14(15-3-4-18-17(9-15)24-13-31-18)26-7-5-21(6-8-26)12-27(20(28)25-21)19-22-10-16(11-23-19)32(2,29)30/h2*3-4,9-11,13-14,22H,5-8,12H2,1-2H3,(H,26,29);2*3-4,9-11,13-14H,5-8,12H2,1-2H3,(H,25,28)/t14-,32+;14-,32-;2*14-/m1010/s1. The minimum Gasteiger partial charge on any atom is -0.330 e. The second-order valence-electron chi connectivity index (χ2n) is 34.5. The third-order valence-corrected chi connectivity index (χ3v) is 33.6. The number of carbonyl (C=O) groups excluding carboxylic acids is 4. The van der Waals surface area contributed by atoms with Crippen LogP contribution in [-0.4, -0.2) is 255 Å². The number of urea groups is 4. The van der Waals surface area contributed by atoms with Crippen molar-refractivity contribution in [1.82, 2.24) is 101 Å². The van der Waals surface area contributed by atoms with E-state index in [4.69, 9.17) is 9.56 Å². The van der Waals surface area contributed by atoms with Crippen molar-refractivity contribution in [2.45, 2.75) is 145 Å². The number of carbonyl (C=O) groups is 4. The number of likely N-dealkylation sites (tertiary alicyclic amines) is 4. The first-order valence-corrected chi connectivity index (χ1v) is 53.0. The highest BCUT2D eigenvalue weighted by Gasteiger charge is 2.51. The minimum absolute atomic E-state index is 0.0358. The summed E-state index contributed by atoms with van der Waals surface area (Å²) in [6.45, 7) is 17.7. The molecule has 44 heteroatoms. The van der Waals surface area contributed by atoms with E-state index < -0.39 is 39.1 Å². The zero-order valence-electron chi connectivity index (χ0n) is 71.6. The molecule has 0 bridgehead atoms. The van der Waals surface area contributed by atoms with E-state index in [0.29, 0.717) is 26.2 Å². The lowest BCUT2D eigenvalue weighted by Gasteiger charge is -2.41. The Hall–Kier alpha value is -10.5. The molecule has 6 atom stereocenters. The number of amides is 8. The number of hydrogen-bond donors (Lipinski definition) is 6. The van der Waals surface area contributed by atoms with Crippen LogP contribution in [0.5, 0.6) is 0 Å². The maximum Gasteiger partial charge on any atom is 0.324 e. The van der Waals surface area contributed by atoms with Crippen LogP contribution < -0.4 is 40.9 Å². The normalized spacial score (nSPS) is 20.8. The summed E-state index contributed by atoms with van der Waals surface area (Å²) in [6, 6.07) is 26.1. The molecular weight excluding hydrogens is 1790 g/mol. The van der Waals surface area contributed by atoms with Crippen molar-refractivity contribution in [2.24, 2.45) is 0 Å². The molecule has 128 heavy (non-hydrogen) atoms. The average Bonchev–Trinajstić information content (AvgIpc) is 1.61. The van der Waals surface area contributed by atoms with Gasteiger partial charge < -0.3 is 21.3 Å².